The van der Waals surface area contributed by atoms with Crippen molar-refractivity contribution in [2.24, 2.45) is 5.92 Å². The first-order valence-corrected chi connectivity index (χ1v) is 4.30. The Morgan fingerprint density at radius 2 is 2.17 bits per heavy atom. The van der Waals surface area contributed by atoms with Gasteiger partial charge in [-0.25, -0.2) is 0 Å². The lowest BCUT2D eigenvalue weighted by Crippen LogP contribution is -2.39. The summed E-state index contributed by atoms with van der Waals surface area (Å²) in [6.07, 6.45) is 0.874. The van der Waals surface area contributed by atoms with Crippen LogP contribution in [-0.2, 0) is 9.45 Å². The van der Waals surface area contributed by atoms with Crippen LogP contribution in [0.5, 0.6) is 0 Å². The van der Waals surface area contributed by atoms with Crippen LogP contribution in [0.3, 0.4) is 0 Å². The van der Waals surface area contributed by atoms with E-state index in [1.54, 1.807) is 14.0 Å². The molecule has 0 aliphatic heterocycles. The van der Waals surface area contributed by atoms with Gasteiger partial charge in [0.05, 0.1) is 6.04 Å². The Labute approximate surface area is 75.2 Å². The first kappa shape index (κ1) is 11.7. The summed E-state index contributed by atoms with van der Waals surface area (Å²) in [6, 6.07) is -0.0510. The molecule has 0 bridgehead atoms. The summed E-state index contributed by atoms with van der Waals surface area (Å²) in [5.74, 6) is 0.712. The predicted molar refractivity (Wildman–Crippen MR) is 51.2 cm³/mol. The molecule has 0 aromatic carbocycles. The van der Waals surface area contributed by atoms with E-state index in [2.05, 4.69) is 19.1 Å². The van der Waals surface area contributed by atoms with Gasteiger partial charge in [-0.1, -0.05) is 13.8 Å². The van der Waals surface area contributed by atoms with Crippen LogP contribution >= 0.6 is 0 Å². The van der Waals surface area contributed by atoms with Gasteiger partial charge in [-0.15, -0.1) is 0 Å². The third-order valence-electron chi connectivity index (χ3n) is 1.67. The van der Waals surface area contributed by atoms with Gasteiger partial charge in [0.1, 0.15) is 5.78 Å². The minimum atomic E-state index is -0.0510. The molecule has 12 heavy (non-hydrogen) atoms. The average molecular weight is 171 g/mol. The molecule has 1 N–H and O–H groups in total. The Balaban J connectivity index is 3.78. The standard InChI is InChI=1S/C8H18BNO2/c1-6(2)5-8(7(3)11)10-9-12-4/h6,8-10H,5H2,1-4H3. The number of hydrogen-bond donors (Lipinski definition) is 1. The maximum Gasteiger partial charge on any atom is 0.361 e. The predicted octanol–water partition coefficient (Wildman–Crippen LogP) is 0.493. The lowest BCUT2D eigenvalue weighted by Gasteiger charge is -2.16. The van der Waals surface area contributed by atoms with Crippen LogP contribution in [-0.4, -0.2) is 26.6 Å². The summed E-state index contributed by atoms with van der Waals surface area (Å²) in [5, 5.41) is 3.03. The average Bonchev–Trinajstić information content (AvgIpc) is 1.96. The van der Waals surface area contributed by atoms with Crippen molar-refractivity contribution in [1.29, 1.82) is 0 Å². The third kappa shape index (κ3) is 5.32. The molecule has 0 aliphatic carbocycles. The van der Waals surface area contributed by atoms with E-state index >= 15 is 0 Å². The van der Waals surface area contributed by atoms with Crippen LogP contribution in [0.25, 0.3) is 0 Å². The number of Topliss-reactive ketones (excluding diaryl/α,β-unsaturated/α-hetero) is 1. The van der Waals surface area contributed by atoms with Crippen LogP contribution < -0.4 is 5.23 Å². The van der Waals surface area contributed by atoms with Crippen molar-refractivity contribution < 1.29 is 9.45 Å². The summed E-state index contributed by atoms with van der Waals surface area (Å²) in [5.41, 5.74) is 0. The van der Waals surface area contributed by atoms with Crippen molar-refractivity contribution >= 4 is 13.4 Å². The highest BCUT2D eigenvalue weighted by atomic mass is 16.4. The zero-order chi connectivity index (χ0) is 9.56. The van der Waals surface area contributed by atoms with Gasteiger partial charge in [0.25, 0.3) is 0 Å². The van der Waals surface area contributed by atoms with Crippen molar-refractivity contribution in [3.8, 4) is 0 Å². The molecule has 0 saturated heterocycles. The zero-order valence-corrected chi connectivity index (χ0v) is 8.39. The Bertz CT molecular complexity index is 139. The molecule has 0 fully saturated rings. The quantitative estimate of drug-likeness (QED) is 0.591. The van der Waals surface area contributed by atoms with Gasteiger partial charge in [-0.05, 0) is 19.3 Å². The van der Waals surface area contributed by atoms with E-state index in [9.17, 15) is 4.79 Å². The fourth-order valence-electron chi connectivity index (χ4n) is 1.05. The van der Waals surface area contributed by atoms with E-state index in [-0.39, 0.29) is 11.8 Å². The van der Waals surface area contributed by atoms with Crippen LogP contribution in [0.15, 0.2) is 0 Å². The zero-order valence-electron chi connectivity index (χ0n) is 8.39. The van der Waals surface area contributed by atoms with Gasteiger partial charge in [0.15, 0.2) is 0 Å². The monoisotopic (exact) mass is 171 g/mol. The maximum atomic E-state index is 11.1. The third-order valence-corrected chi connectivity index (χ3v) is 1.67. The summed E-state index contributed by atoms with van der Waals surface area (Å²) < 4.78 is 4.84. The van der Waals surface area contributed by atoms with E-state index in [0.717, 1.165) is 6.42 Å². The molecule has 3 nitrogen and oxygen atoms in total. The lowest BCUT2D eigenvalue weighted by molar-refractivity contribution is -0.118. The molecule has 1 unspecified atom stereocenters. The second-order valence-corrected chi connectivity index (χ2v) is 3.43. The Morgan fingerprint density at radius 3 is 2.50 bits per heavy atom. The molecular formula is C8H18BNO2. The largest absolute Gasteiger partial charge is 0.427 e. The summed E-state index contributed by atoms with van der Waals surface area (Å²) >= 11 is 0. The normalized spacial score (nSPS) is 13.1. The van der Waals surface area contributed by atoms with Crippen molar-refractivity contribution in [2.45, 2.75) is 33.2 Å². The van der Waals surface area contributed by atoms with Gasteiger partial charge in [0.2, 0.25) is 0 Å². The van der Waals surface area contributed by atoms with Crippen molar-refractivity contribution in [2.75, 3.05) is 7.11 Å². The number of carbonyl (C=O) groups is 1. The molecule has 0 aliphatic rings. The highest BCUT2D eigenvalue weighted by molar-refractivity contribution is 6.24. The molecule has 0 aromatic heterocycles. The van der Waals surface area contributed by atoms with Crippen molar-refractivity contribution in [3.63, 3.8) is 0 Å². The van der Waals surface area contributed by atoms with Gasteiger partial charge >= 0.3 is 7.62 Å². The topological polar surface area (TPSA) is 38.3 Å². The van der Waals surface area contributed by atoms with E-state index in [1.165, 1.54) is 0 Å². The van der Waals surface area contributed by atoms with Gasteiger partial charge in [-0.3, -0.25) is 4.79 Å². The second kappa shape index (κ2) is 6.20. The van der Waals surface area contributed by atoms with Crippen LogP contribution in [0.4, 0.5) is 0 Å². The maximum absolute atomic E-state index is 11.1. The van der Waals surface area contributed by atoms with Gasteiger partial charge in [0, 0.05) is 7.11 Å². The smallest absolute Gasteiger partial charge is 0.361 e. The molecule has 0 heterocycles. The lowest BCUT2D eigenvalue weighted by atomic mass is 9.98. The number of nitrogens with one attached hydrogen (secondary N) is 1. The summed E-state index contributed by atoms with van der Waals surface area (Å²) in [4.78, 5) is 11.1. The Morgan fingerprint density at radius 1 is 1.58 bits per heavy atom. The van der Waals surface area contributed by atoms with E-state index in [1.807, 2.05) is 0 Å². The number of hydrogen-bond acceptors (Lipinski definition) is 3. The first-order valence-electron chi connectivity index (χ1n) is 4.30. The number of carbonyl (C=O) groups excluding carboxylic acids is 1. The molecular weight excluding hydrogens is 153 g/mol. The second-order valence-electron chi connectivity index (χ2n) is 3.43. The van der Waals surface area contributed by atoms with Crippen LogP contribution in [0, 0.1) is 5.92 Å². The molecule has 0 radical (unpaired) electrons. The highest BCUT2D eigenvalue weighted by Gasteiger charge is 2.14. The molecule has 4 heteroatoms. The first-order chi connectivity index (χ1) is 5.57. The van der Waals surface area contributed by atoms with E-state index in [0.29, 0.717) is 13.5 Å². The molecule has 0 aromatic rings. The minimum Gasteiger partial charge on any atom is -0.427 e. The molecule has 0 amide bonds. The summed E-state index contributed by atoms with van der Waals surface area (Å²) in [7, 11) is 2.05. The Hall–Kier alpha value is -0.345. The van der Waals surface area contributed by atoms with Crippen molar-refractivity contribution in [1.82, 2.24) is 5.23 Å². The molecule has 1 atom stereocenters. The van der Waals surface area contributed by atoms with Crippen LogP contribution in [0.1, 0.15) is 27.2 Å². The van der Waals surface area contributed by atoms with Crippen molar-refractivity contribution in [3.05, 3.63) is 0 Å². The molecule has 0 rings (SSSR count). The minimum absolute atomic E-state index is 0.0510. The van der Waals surface area contributed by atoms with Crippen LogP contribution in [0.2, 0.25) is 0 Å². The fraction of sp³-hybridized carbons (Fsp3) is 0.875. The van der Waals surface area contributed by atoms with Gasteiger partial charge < -0.3 is 9.88 Å². The SMILES string of the molecule is COBNC(CC(C)C)C(C)=O. The van der Waals surface area contributed by atoms with Gasteiger partial charge in [-0.2, -0.15) is 0 Å². The van der Waals surface area contributed by atoms with E-state index in [4.69, 9.17) is 4.65 Å². The number of ketones is 1. The van der Waals surface area contributed by atoms with E-state index < -0.39 is 0 Å². The fourth-order valence-corrected chi connectivity index (χ4v) is 1.05. The molecule has 0 spiro atoms. The Kier molecular flexibility index (Phi) is 6.02. The highest BCUT2D eigenvalue weighted by Crippen LogP contribution is 2.04. The molecule has 70 valence electrons. The number of rotatable bonds is 6. The molecule has 0 saturated carbocycles. The summed E-state index contributed by atoms with van der Waals surface area (Å²) in [6.45, 7) is 5.81.